The van der Waals surface area contributed by atoms with Crippen LogP contribution < -0.4 is 5.73 Å². The van der Waals surface area contributed by atoms with E-state index in [9.17, 15) is 4.39 Å². The van der Waals surface area contributed by atoms with E-state index in [-0.39, 0.29) is 5.83 Å². The topological polar surface area (TPSA) is 26.0 Å². The van der Waals surface area contributed by atoms with E-state index in [2.05, 4.69) is 6.92 Å². The molecule has 0 aliphatic rings. The predicted molar refractivity (Wildman–Crippen MR) is 42.1 cm³/mol. The van der Waals surface area contributed by atoms with E-state index in [0.29, 0.717) is 12.1 Å². The fraction of sp³-hybridized carbons (Fsp3) is 0.750. The van der Waals surface area contributed by atoms with E-state index < -0.39 is 0 Å². The summed E-state index contributed by atoms with van der Waals surface area (Å²) in [6.07, 6.45) is 3.99. The van der Waals surface area contributed by atoms with Crippen LogP contribution in [0.2, 0.25) is 0 Å². The summed E-state index contributed by atoms with van der Waals surface area (Å²) in [5.74, 6) is -0.226. The molecule has 0 unspecified atom stereocenters. The molecule has 2 heteroatoms. The predicted octanol–water partition coefficient (Wildman–Crippen LogP) is 2.73. The monoisotopic (exact) mass is 145 g/mol. The highest BCUT2D eigenvalue weighted by atomic mass is 19.1. The molecule has 0 aromatic carbocycles. The molecule has 0 bridgehead atoms. The zero-order chi connectivity index (χ0) is 7.98. The lowest BCUT2D eigenvalue weighted by Crippen LogP contribution is -1.98. The maximum absolute atomic E-state index is 12.3. The van der Waals surface area contributed by atoms with E-state index >= 15 is 0 Å². The Bertz CT molecular complexity index is 114. The van der Waals surface area contributed by atoms with Crippen LogP contribution in [0.5, 0.6) is 0 Å². The molecule has 60 valence electrons. The number of allylic oxidation sites excluding steroid dienone is 2. The molecule has 0 radical (unpaired) electrons. The van der Waals surface area contributed by atoms with Gasteiger partial charge in [-0.15, -0.1) is 0 Å². The summed E-state index contributed by atoms with van der Waals surface area (Å²) in [6.45, 7) is 3.52. The van der Waals surface area contributed by atoms with Crippen molar-refractivity contribution in [2.75, 3.05) is 0 Å². The Hall–Kier alpha value is -0.530. The number of halogens is 1. The van der Waals surface area contributed by atoms with Crippen LogP contribution in [0.3, 0.4) is 0 Å². The molecule has 0 saturated carbocycles. The van der Waals surface area contributed by atoms with Crippen LogP contribution >= 0.6 is 0 Å². The van der Waals surface area contributed by atoms with Crippen molar-refractivity contribution in [2.45, 2.75) is 39.5 Å². The second kappa shape index (κ2) is 5.27. The zero-order valence-electron chi connectivity index (χ0n) is 6.78. The summed E-state index contributed by atoms with van der Waals surface area (Å²) >= 11 is 0. The number of unbranched alkanes of at least 4 members (excludes halogenated alkanes) is 2. The third-order valence-corrected chi connectivity index (χ3v) is 1.49. The molecule has 0 rings (SSSR count). The van der Waals surface area contributed by atoms with Gasteiger partial charge in [0.2, 0.25) is 0 Å². The van der Waals surface area contributed by atoms with Crippen LogP contribution in [-0.4, -0.2) is 0 Å². The Morgan fingerprint density at radius 2 is 2.00 bits per heavy atom. The van der Waals surface area contributed by atoms with Gasteiger partial charge in [-0.3, -0.25) is 0 Å². The highest BCUT2D eigenvalue weighted by Gasteiger charge is 1.94. The van der Waals surface area contributed by atoms with Crippen molar-refractivity contribution in [2.24, 2.45) is 5.73 Å². The molecule has 0 aliphatic carbocycles. The molecule has 0 atom stereocenters. The number of hydrogen-bond donors (Lipinski definition) is 1. The van der Waals surface area contributed by atoms with E-state index in [0.717, 1.165) is 19.3 Å². The van der Waals surface area contributed by atoms with Gasteiger partial charge in [-0.1, -0.05) is 19.8 Å². The summed E-state index contributed by atoms with van der Waals surface area (Å²) in [5.41, 5.74) is 5.77. The molecular formula is C8H16FN. The zero-order valence-corrected chi connectivity index (χ0v) is 6.78. The van der Waals surface area contributed by atoms with Crippen LogP contribution in [-0.2, 0) is 0 Å². The van der Waals surface area contributed by atoms with Gasteiger partial charge in [0.05, 0.1) is 0 Å². The average Bonchev–Trinajstić information content (AvgIpc) is 1.88. The molecule has 0 saturated heterocycles. The summed E-state index contributed by atoms with van der Waals surface area (Å²) in [4.78, 5) is 0. The van der Waals surface area contributed by atoms with Crippen molar-refractivity contribution in [1.82, 2.24) is 0 Å². The number of nitrogens with two attached hydrogens (primary N) is 1. The summed E-state index contributed by atoms with van der Waals surface area (Å²) < 4.78 is 12.3. The molecule has 0 spiro atoms. The Morgan fingerprint density at radius 3 is 2.40 bits per heavy atom. The molecule has 0 amide bonds. The maximum atomic E-state index is 12.3. The molecule has 0 heterocycles. The summed E-state index contributed by atoms with van der Waals surface area (Å²) in [6, 6.07) is 0. The van der Waals surface area contributed by atoms with Crippen LogP contribution in [0.4, 0.5) is 4.39 Å². The van der Waals surface area contributed by atoms with Crippen LogP contribution in [0, 0.1) is 0 Å². The minimum atomic E-state index is -0.226. The first-order chi connectivity index (χ1) is 4.68. The Balaban J connectivity index is 3.40. The lowest BCUT2D eigenvalue weighted by atomic mass is 10.1. The van der Waals surface area contributed by atoms with Crippen LogP contribution in [0.1, 0.15) is 39.5 Å². The van der Waals surface area contributed by atoms with Gasteiger partial charge < -0.3 is 5.73 Å². The number of hydrogen-bond acceptors (Lipinski definition) is 1. The number of rotatable bonds is 4. The van der Waals surface area contributed by atoms with Gasteiger partial charge in [0.1, 0.15) is 5.83 Å². The Morgan fingerprint density at radius 1 is 1.40 bits per heavy atom. The van der Waals surface area contributed by atoms with Gasteiger partial charge in [0.25, 0.3) is 0 Å². The van der Waals surface area contributed by atoms with Crippen molar-refractivity contribution >= 4 is 0 Å². The smallest absolute Gasteiger partial charge is 0.115 e. The lowest BCUT2D eigenvalue weighted by Gasteiger charge is -1.99. The van der Waals surface area contributed by atoms with Crippen molar-refractivity contribution in [3.05, 3.63) is 11.5 Å². The van der Waals surface area contributed by atoms with Gasteiger partial charge in [0, 0.05) is 5.70 Å². The minimum Gasteiger partial charge on any atom is -0.400 e. The van der Waals surface area contributed by atoms with Crippen LogP contribution in [0.25, 0.3) is 0 Å². The van der Waals surface area contributed by atoms with E-state index in [1.165, 1.54) is 6.92 Å². The van der Waals surface area contributed by atoms with Crippen molar-refractivity contribution < 1.29 is 4.39 Å². The highest BCUT2D eigenvalue weighted by molar-refractivity contribution is 5.00. The van der Waals surface area contributed by atoms with Crippen LogP contribution in [0.15, 0.2) is 11.5 Å². The normalized spacial score (nSPS) is 13.1. The largest absolute Gasteiger partial charge is 0.400 e. The molecule has 2 N–H and O–H groups in total. The summed E-state index contributed by atoms with van der Waals surface area (Å²) in [7, 11) is 0. The molecule has 0 fully saturated rings. The highest BCUT2D eigenvalue weighted by Crippen LogP contribution is 2.08. The van der Waals surface area contributed by atoms with Gasteiger partial charge in [-0.05, 0) is 19.8 Å². The van der Waals surface area contributed by atoms with Crippen molar-refractivity contribution in [3.63, 3.8) is 0 Å². The van der Waals surface area contributed by atoms with Gasteiger partial charge in [-0.2, -0.15) is 0 Å². The Kier molecular flexibility index (Phi) is 4.99. The van der Waals surface area contributed by atoms with E-state index in [4.69, 9.17) is 5.73 Å². The SMILES string of the molecule is CCCCC/C(N)=C(\C)F. The Labute approximate surface area is 62.1 Å². The first-order valence-corrected chi connectivity index (χ1v) is 3.79. The van der Waals surface area contributed by atoms with E-state index in [1.807, 2.05) is 0 Å². The van der Waals surface area contributed by atoms with E-state index in [1.54, 1.807) is 0 Å². The lowest BCUT2D eigenvalue weighted by molar-refractivity contribution is 0.604. The second-order valence-electron chi connectivity index (χ2n) is 2.52. The third kappa shape index (κ3) is 4.36. The standard InChI is InChI=1S/C8H16FN/c1-3-4-5-6-8(10)7(2)9/h3-6,10H2,1-2H3/b8-7-. The molecule has 0 aromatic heterocycles. The van der Waals surface area contributed by atoms with Crippen molar-refractivity contribution in [3.8, 4) is 0 Å². The fourth-order valence-corrected chi connectivity index (χ4v) is 0.738. The molecule has 0 aliphatic heterocycles. The average molecular weight is 145 g/mol. The van der Waals surface area contributed by atoms with Crippen molar-refractivity contribution in [1.29, 1.82) is 0 Å². The molecule has 0 aromatic rings. The first kappa shape index (κ1) is 9.47. The fourth-order valence-electron chi connectivity index (χ4n) is 0.738. The van der Waals surface area contributed by atoms with Gasteiger partial charge in [-0.25, -0.2) is 4.39 Å². The second-order valence-corrected chi connectivity index (χ2v) is 2.52. The minimum absolute atomic E-state index is 0.226. The molecule has 1 nitrogen and oxygen atoms in total. The molecule has 10 heavy (non-hydrogen) atoms. The third-order valence-electron chi connectivity index (χ3n) is 1.49. The quantitative estimate of drug-likeness (QED) is 0.605. The maximum Gasteiger partial charge on any atom is 0.115 e. The molecular weight excluding hydrogens is 129 g/mol. The van der Waals surface area contributed by atoms with Gasteiger partial charge >= 0.3 is 0 Å². The first-order valence-electron chi connectivity index (χ1n) is 3.79. The summed E-state index contributed by atoms with van der Waals surface area (Å²) in [5, 5.41) is 0. The van der Waals surface area contributed by atoms with Gasteiger partial charge in [0.15, 0.2) is 0 Å².